The maximum atomic E-state index is 12.8. The van der Waals surface area contributed by atoms with Gasteiger partial charge in [0.2, 0.25) is 0 Å². The van der Waals surface area contributed by atoms with Crippen LogP contribution in [-0.4, -0.2) is 33.7 Å². The van der Waals surface area contributed by atoms with Crippen molar-refractivity contribution in [3.63, 3.8) is 0 Å². The average molecular weight is 467 g/mol. The number of hydrogen-bond donors (Lipinski definition) is 3. The lowest BCUT2D eigenvalue weighted by Gasteiger charge is -2.18. The molecule has 8 nitrogen and oxygen atoms in total. The first kappa shape index (κ1) is 24.4. The fourth-order valence-electron chi connectivity index (χ4n) is 2.31. The molecule has 2 aromatic rings. The van der Waals surface area contributed by atoms with Gasteiger partial charge in [0.15, 0.2) is 0 Å². The van der Waals surface area contributed by atoms with Gasteiger partial charge in [0, 0.05) is 5.02 Å². The fourth-order valence-corrected chi connectivity index (χ4v) is 3.45. The Balaban J connectivity index is 2.22. The highest BCUT2D eigenvalue weighted by Crippen LogP contribution is 2.26. The van der Waals surface area contributed by atoms with Crippen LogP contribution in [-0.2, 0) is 20.6 Å². The van der Waals surface area contributed by atoms with Crippen LogP contribution in [0.4, 0.5) is 5.69 Å². The van der Waals surface area contributed by atoms with Crippen LogP contribution in [0.15, 0.2) is 41.3 Å². The van der Waals surface area contributed by atoms with E-state index in [0.29, 0.717) is 16.2 Å². The molecule has 31 heavy (non-hydrogen) atoms. The molecule has 0 aliphatic carbocycles. The molecule has 2 rings (SSSR count). The van der Waals surface area contributed by atoms with Crippen molar-refractivity contribution in [2.45, 2.75) is 32.6 Å². The molecule has 3 N–H and O–H groups in total. The van der Waals surface area contributed by atoms with Crippen molar-refractivity contribution in [2.24, 2.45) is 5.41 Å². The zero-order valence-electron chi connectivity index (χ0n) is 17.4. The van der Waals surface area contributed by atoms with Gasteiger partial charge in [-0.05, 0) is 69.7 Å². The Morgan fingerprint density at radius 2 is 1.81 bits per heavy atom. The van der Waals surface area contributed by atoms with Crippen molar-refractivity contribution in [2.75, 3.05) is 11.3 Å². The zero-order valence-corrected chi connectivity index (χ0v) is 19.0. The second kappa shape index (κ2) is 9.93. The van der Waals surface area contributed by atoms with Crippen LogP contribution in [0, 0.1) is 12.3 Å². The number of hydrogen-bond acceptors (Lipinski definition) is 5. The molecule has 0 fully saturated rings. The molecule has 1 unspecified atom stereocenters. The lowest BCUT2D eigenvalue weighted by Crippen LogP contribution is -2.30. The molecule has 166 valence electrons. The number of amides is 1. The molecular weight excluding hydrogens is 444 g/mol. The van der Waals surface area contributed by atoms with Gasteiger partial charge in [-0.1, -0.05) is 11.6 Å². The quantitative estimate of drug-likeness (QED) is 0.423. The first-order chi connectivity index (χ1) is 14.4. The highest BCUT2D eigenvalue weighted by molar-refractivity contribution is 7.86. The fraction of sp³-hybridized carbons (Fsp3) is 0.286. The van der Waals surface area contributed by atoms with E-state index in [9.17, 15) is 18.6 Å². The van der Waals surface area contributed by atoms with Crippen molar-refractivity contribution in [1.82, 2.24) is 5.32 Å². The summed E-state index contributed by atoms with van der Waals surface area (Å²) in [5, 5.41) is 11.2. The molecule has 0 heterocycles. The number of carbonyl (C=O) groups is 3. The minimum absolute atomic E-state index is 0.0505. The summed E-state index contributed by atoms with van der Waals surface area (Å²) in [7, 11) is -1.76. The van der Waals surface area contributed by atoms with Gasteiger partial charge < -0.3 is 19.9 Å². The number of anilines is 1. The third kappa shape index (κ3) is 6.80. The highest BCUT2D eigenvalue weighted by atomic mass is 35.5. The number of aryl methyl sites for hydroxylation is 1. The van der Waals surface area contributed by atoms with Crippen molar-refractivity contribution < 1.29 is 28.4 Å². The van der Waals surface area contributed by atoms with E-state index in [-0.39, 0.29) is 22.2 Å². The lowest BCUT2D eigenvalue weighted by atomic mass is 9.97. The summed E-state index contributed by atoms with van der Waals surface area (Å²) >= 11 is 5.95. The van der Waals surface area contributed by atoms with Crippen LogP contribution >= 0.6 is 11.6 Å². The number of benzene rings is 2. The third-order valence-electron chi connectivity index (χ3n) is 4.00. The van der Waals surface area contributed by atoms with Gasteiger partial charge in [-0.15, -0.1) is 0 Å². The third-order valence-corrected chi connectivity index (χ3v) is 5.33. The SMILES string of the molecule is Cc1cc(S(=O)Nc2ccc(Cl)cc2C(=O)NCC(=O)O)ccc1OC(=O)C(C)(C)C. The van der Waals surface area contributed by atoms with Gasteiger partial charge >= 0.3 is 11.9 Å². The molecule has 0 saturated heterocycles. The number of ether oxygens (including phenoxy) is 1. The van der Waals surface area contributed by atoms with Crippen molar-refractivity contribution in [3.05, 3.63) is 52.5 Å². The predicted octanol–water partition coefficient (Wildman–Crippen LogP) is 3.55. The largest absolute Gasteiger partial charge is 0.480 e. The van der Waals surface area contributed by atoms with Crippen molar-refractivity contribution >= 4 is 46.1 Å². The Morgan fingerprint density at radius 1 is 1.13 bits per heavy atom. The van der Waals surface area contributed by atoms with E-state index < -0.39 is 34.8 Å². The number of aliphatic carboxylic acids is 1. The number of rotatable bonds is 7. The number of halogens is 1. The number of carboxylic acids is 1. The van der Waals surface area contributed by atoms with Gasteiger partial charge in [0.05, 0.1) is 21.6 Å². The van der Waals surface area contributed by atoms with E-state index in [0.717, 1.165) is 0 Å². The van der Waals surface area contributed by atoms with Gasteiger partial charge in [0.25, 0.3) is 5.91 Å². The van der Waals surface area contributed by atoms with Crippen LogP contribution in [0.25, 0.3) is 0 Å². The molecule has 1 amide bonds. The minimum Gasteiger partial charge on any atom is -0.480 e. The molecule has 10 heteroatoms. The summed E-state index contributed by atoms with van der Waals surface area (Å²) in [6.45, 7) is 6.39. The summed E-state index contributed by atoms with van der Waals surface area (Å²) in [5.41, 5.74) is 0.212. The summed E-state index contributed by atoms with van der Waals surface area (Å²) in [5.74, 6) is -1.90. The molecule has 0 radical (unpaired) electrons. The predicted molar refractivity (Wildman–Crippen MR) is 118 cm³/mol. The topological polar surface area (TPSA) is 122 Å². The van der Waals surface area contributed by atoms with E-state index in [1.807, 2.05) is 0 Å². The molecule has 0 aromatic heterocycles. The number of carbonyl (C=O) groups excluding carboxylic acids is 2. The van der Waals surface area contributed by atoms with Crippen LogP contribution < -0.4 is 14.8 Å². The molecular formula is C21H23ClN2O6S. The van der Waals surface area contributed by atoms with E-state index in [4.69, 9.17) is 21.4 Å². The molecule has 0 aliphatic heterocycles. The Kier molecular flexibility index (Phi) is 7.80. The Hall–Kier alpha value is -2.91. The molecule has 2 aromatic carbocycles. The molecule has 0 spiro atoms. The monoisotopic (exact) mass is 466 g/mol. The molecule has 0 aliphatic rings. The zero-order chi connectivity index (χ0) is 23.3. The molecule has 0 saturated carbocycles. The van der Waals surface area contributed by atoms with Crippen LogP contribution in [0.2, 0.25) is 5.02 Å². The first-order valence-corrected chi connectivity index (χ1v) is 10.7. The van der Waals surface area contributed by atoms with Gasteiger partial charge in [0.1, 0.15) is 23.3 Å². The van der Waals surface area contributed by atoms with Crippen molar-refractivity contribution in [3.8, 4) is 5.75 Å². The second-order valence-electron chi connectivity index (χ2n) is 7.70. The Bertz CT molecular complexity index is 1050. The maximum absolute atomic E-state index is 12.8. The summed E-state index contributed by atoms with van der Waals surface area (Å²) in [6.07, 6.45) is 0. The average Bonchev–Trinajstić information content (AvgIpc) is 2.68. The lowest BCUT2D eigenvalue weighted by molar-refractivity contribution is -0.143. The van der Waals surface area contributed by atoms with E-state index in [1.165, 1.54) is 18.2 Å². The van der Waals surface area contributed by atoms with E-state index in [1.54, 1.807) is 45.9 Å². The van der Waals surface area contributed by atoms with E-state index in [2.05, 4.69) is 10.0 Å². The smallest absolute Gasteiger partial charge is 0.322 e. The number of esters is 1. The number of nitrogens with one attached hydrogen (secondary N) is 2. The Labute approximate surface area is 187 Å². The van der Waals surface area contributed by atoms with Gasteiger partial charge in [-0.3, -0.25) is 14.4 Å². The number of carboxylic acid groups (broad SMARTS) is 1. The van der Waals surface area contributed by atoms with Crippen LogP contribution in [0.3, 0.4) is 0 Å². The summed E-state index contributed by atoms with van der Waals surface area (Å²) < 4.78 is 20.9. The van der Waals surface area contributed by atoms with Crippen LogP contribution in [0.1, 0.15) is 36.7 Å². The summed E-state index contributed by atoms with van der Waals surface area (Å²) in [6, 6.07) is 9.03. The molecule has 0 bridgehead atoms. The second-order valence-corrected chi connectivity index (χ2v) is 9.35. The first-order valence-electron chi connectivity index (χ1n) is 9.19. The van der Waals surface area contributed by atoms with Crippen LogP contribution in [0.5, 0.6) is 5.75 Å². The minimum atomic E-state index is -1.76. The maximum Gasteiger partial charge on any atom is 0.322 e. The highest BCUT2D eigenvalue weighted by Gasteiger charge is 2.24. The van der Waals surface area contributed by atoms with Gasteiger partial charge in [-0.25, -0.2) is 4.21 Å². The standard InChI is InChI=1S/C21H23ClN2O6S/c1-12-9-14(6-8-17(12)30-20(28)21(2,3)4)31(29)24-16-7-5-13(22)10-15(16)19(27)23-11-18(25)26/h5-10,24H,11H2,1-4H3,(H,23,27)(H,25,26). The Morgan fingerprint density at radius 3 is 2.39 bits per heavy atom. The normalized spacial score (nSPS) is 12.0. The van der Waals surface area contributed by atoms with E-state index >= 15 is 0 Å². The van der Waals surface area contributed by atoms with Gasteiger partial charge in [-0.2, -0.15) is 0 Å². The molecule has 1 atom stereocenters. The summed E-state index contributed by atoms with van der Waals surface area (Å²) in [4.78, 5) is 35.5. The van der Waals surface area contributed by atoms with Crippen molar-refractivity contribution in [1.29, 1.82) is 0 Å².